The van der Waals surface area contributed by atoms with Crippen LogP contribution >= 0.6 is 0 Å². The third kappa shape index (κ3) is 2.10. The number of ether oxygens (including phenoxy) is 1. The molecule has 1 saturated carbocycles. The van der Waals surface area contributed by atoms with Gasteiger partial charge in [-0.2, -0.15) is 0 Å². The largest absolute Gasteiger partial charge is 0.483 e. The van der Waals surface area contributed by atoms with Gasteiger partial charge in [-0.3, -0.25) is 9.59 Å². The Hall–Kier alpha value is -2.17. The number of fused-ring (bicyclic) bond motifs is 1. The van der Waals surface area contributed by atoms with Crippen LogP contribution in [0.15, 0.2) is 35.6 Å². The van der Waals surface area contributed by atoms with Crippen LogP contribution in [-0.2, 0) is 14.3 Å². The standard InChI is InChI=1S/C18H18FNO3/c1-20-15(10-6-8-11(19)9-7-10)14-16(21)12-4-2-3-5-13(12)23-17(14)18(20)22/h6-9,12-13,15H,2-5H2,1H3. The summed E-state index contributed by atoms with van der Waals surface area (Å²) in [5.41, 5.74) is 1.19. The summed E-state index contributed by atoms with van der Waals surface area (Å²) in [5, 5.41) is 0. The maximum Gasteiger partial charge on any atom is 0.289 e. The Morgan fingerprint density at radius 1 is 1.13 bits per heavy atom. The highest BCUT2D eigenvalue weighted by Crippen LogP contribution is 2.45. The molecular formula is C18H18FNO3. The van der Waals surface area contributed by atoms with Crippen LogP contribution in [0.25, 0.3) is 0 Å². The first-order chi connectivity index (χ1) is 11.1. The van der Waals surface area contributed by atoms with Gasteiger partial charge in [0.1, 0.15) is 11.9 Å². The highest BCUT2D eigenvalue weighted by atomic mass is 19.1. The maximum absolute atomic E-state index is 13.2. The Kier molecular flexibility index (Phi) is 3.25. The Balaban J connectivity index is 1.78. The van der Waals surface area contributed by atoms with Crippen molar-refractivity contribution in [3.05, 3.63) is 47.0 Å². The minimum absolute atomic E-state index is 0.0305. The number of ketones is 1. The van der Waals surface area contributed by atoms with E-state index in [1.54, 1.807) is 19.2 Å². The van der Waals surface area contributed by atoms with E-state index in [2.05, 4.69) is 0 Å². The molecule has 0 saturated heterocycles. The van der Waals surface area contributed by atoms with E-state index in [0.717, 1.165) is 31.2 Å². The van der Waals surface area contributed by atoms with Gasteiger partial charge < -0.3 is 9.64 Å². The second kappa shape index (κ2) is 5.18. The van der Waals surface area contributed by atoms with Crippen LogP contribution in [0.1, 0.15) is 37.3 Å². The van der Waals surface area contributed by atoms with Crippen molar-refractivity contribution in [2.45, 2.75) is 37.8 Å². The molecule has 2 heterocycles. The number of nitrogens with zero attached hydrogens (tertiary/aromatic N) is 1. The fraction of sp³-hybridized carbons (Fsp3) is 0.444. The molecule has 1 fully saturated rings. The monoisotopic (exact) mass is 315 g/mol. The summed E-state index contributed by atoms with van der Waals surface area (Å²) < 4.78 is 19.1. The van der Waals surface area contributed by atoms with Crippen molar-refractivity contribution in [1.82, 2.24) is 4.90 Å². The van der Waals surface area contributed by atoms with Gasteiger partial charge in [-0.15, -0.1) is 0 Å². The molecule has 5 heteroatoms. The summed E-state index contributed by atoms with van der Waals surface area (Å²) in [6.45, 7) is 0. The number of likely N-dealkylation sites (N-methyl/N-ethyl adjacent to an activating group) is 1. The molecule has 1 aromatic rings. The van der Waals surface area contributed by atoms with Crippen LogP contribution in [0.3, 0.4) is 0 Å². The Bertz CT molecular complexity index is 709. The number of benzene rings is 1. The number of Topliss-reactive ketones (excluding diaryl/α,β-unsaturated/α-hetero) is 1. The van der Waals surface area contributed by atoms with Crippen molar-refractivity contribution in [3.8, 4) is 0 Å². The minimum atomic E-state index is -0.478. The molecule has 4 nitrogen and oxygen atoms in total. The van der Waals surface area contributed by atoms with Crippen LogP contribution in [-0.4, -0.2) is 29.7 Å². The van der Waals surface area contributed by atoms with Crippen molar-refractivity contribution in [2.24, 2.45) is 5.92 Å². The summed E-state index contributed by atoms with van der Waals surface area (Å²) in [5.74, 6) is -0.511. The lowest BCUT2D eigenvalue weighted by atomic mass is 9.77. The van der Waals surface area contributed by atoms with Crippen molar-refractivity contribution in [3.63, 3.8) is 0 Å². The summed E-state index contributed by atoms with van der Waals surface area (Å²) in [7, 11) is 1.66. The van der Waals surface area contributed by atoms with E-state index in [4.69, 9.17) is 4.74 Å². The highest BCUT2D eigenvalue weighted by molar-refractivity contribution is 6.11. The Morgan fingerprint density at radius 3 is 2.57 bits per heavy atom. The quantitative estimate of drug-likeness (QED) is 0.800. The summed E-state index contributed by atoms with van der Waals surface area (Å²) in [6.07, 6.45) is 3.52. The molecule has 3 unspecified atom stereocenters. The van der Waals surface area contributed by atoms with Crippen LogP contribution in [0.2, 0.25) is 0 Å². The van der Waals surface area contributed by atoms with E-state index < -0.39 is 6.04 Å². The molecule has 0 radical (unpaired) electrons. The first-order valence-corrected chi connectivity index (χ1v) is 8.05. The fourth-order valence-electron chi connectivity index (χ4n) is 4.00. The second-order valence-electron chi connectivity index (χ2n) is 6.52. The van der Waals surface area contributed by atoms with Crippen molar-refractivity contribution < 1.29 is 18.7 Å². The summed E-state index contributed by atoms with van der Waals surface area (Å²) in [4.78, 5) is 27.0. The van der Waals surface area contributed by atoms with Gasteiger partial charge in [0, 0.05) is 7.05 Å². The van der Waals surface area contributed by atoms with Crippen molar-refractivity contribution in [2.75, 3.05) is 7.05 Å². The molecule has 3 aliphatic rings. The van der Waals surface area contributed by atoms with E-state index in [0.29, 0.717) is 5.57 Å². The number of halogens is 1. The fourth-order valence-corrected chi connectivity index (χ4v) is 4.00. The topological polar surface area (TPSA) is 46.6 Å². The molecule has 0 bridgehead atoms. The molecule has 1 aliphatic carbocycles. The van der Waals surface area contributed by atoms with Crippen molar-refractivity contribution >= 4 is 11.7 Å². The van der Waals surface area contributed by atoms with Gasteiger partial charge in [0.2, 0.25) is 0 Å². The average Bonchev–Trinajstić information content (AvgIpc) is 2.81. The lowest BCUT2D eigenvalue weighted by Gasteiger charge is -2.35. The maximum atomic E-state index is 13.2. The average molecular weight is 315 g/mol. The molecular weight excluding hydrogens is 297 g/mol. The van der Waals surface area contributed by atoms with E-state index in [1.165, 1.54) is 17.0 Å². The summed E-state index contributed by atoms with van der Waals surface area (Å²) in [6, 6.07) is 5.47. The third-order valence-corrected chi connectivity index (χ3v) is 5.18. The molecule has 23 heavy (non-hydrogen) atoms. The molecule has 1 amide bonds. The molecule has 3 atom stereocenters. The van der Waals surface area contributed by atoms with Gasteiger partial charge in [0.15, 0.2) is 11.5 Å². The van der Waals surface area contributed by atoms with Gasteiger partial charge in [-0.25, -0.2) is 4.39 Å². The number of hydrogen-bond donors (Lipinski definition) is 0. The molecule has 0 N–H and O–H groups in total. The molecule has 2 aliphatic heterocycles. The Morgan fingerprint density at radius 2 is 1.83 bits per heavy atom. The molecule has 0 aromatic heterocycles. The minimum Gasteiger partial charge on any atom is -0.483 e. The molecule has 4 rings (SSSR count). The number of carbonyl (C=O) groups is 2. The number of carbonyl (C=O) groups excluding carboxylic acids is 2. The summed E-state index contributed by atoms with van der Waals surface area (Å²) >= 11 is 0. The van der Waals surface area contributed by atoms with Gasteiger partial charge >= 0.3 is 0 Å². The Labute approximate surface area is 133 Å². The predicted molar refractivity (Wildman–Crippen MR) is 80.8 cm³/mol. The lowest BCUT2D eigenvalue weighted by molar-refractivity contribution is -0.134. The van der Waals surface area contributed by atoms with Crippen LogP contribution < -0.4 is 0 Å². The van der Waals surface area contributed by atoms with Gasteiger partial charge in [0.05, 0.1) is 17.5 Å². The third-order valence-electron chi connectivity index (χ3n) is 5.18. The number of amides is 1. The first kappa shape index (κ1) is 14.4. The zero-order chi connectivity index (χ0) is 16.1. The van der Waals surface area contributed by atoms with Gasteiger partial charge in [-0.05, 0) is 37.0 Å². The zero-order valence-corrected chi connectivity index (χ0v) is 12.9. The van der Waals surface area contributed by atoms with E-state index in [-0.39, 0.29) is 35.3 Å². The molecule has 1 aromatic carbocycles. The number of rotatable bonds is 1. The van der Waals surface area contributed by atoms with Gasteiger partial charge in [0.25, 0.3) is 5.91 Å². The highest BCUT2D eigenvalue weighted by Gasteiger charge is 2.50. The lowest BCUT2D eigenvalue weighted by Crippen LogP contribution is -2.39. The van der Waals surface area contributed by atoms with Crippen molar-refractivity contribution in [1.29, 1.82) is 0 Å². The molecule has 0 spiro atoms. The SMILES string of the molecule is CN1C(=O)C2=C(C(=O)C3CCCCC3O2)C1c1ccc(F)cc1. The normalized spacial score (nSPS) is 30.2. The van der Waals surface area contributed by atoms with Gasteiger partial charge in [-0.1, -0.05) is 18.6 Å². The van der Waals surface area contributed by atoms with Crippen LogP contribution in [0, 0.1) is 11.7 Å². The number of hydrogen-bond acceptors (Lipinski definition) is 3. The van der Waals surface area contributed by atoms with E-state index in [1.807, 2.05) is 0 Å². The second-order valence-corrected chi connectivity index (χ2v) is 6.52. The molecule has 120 valence electrons. The zero-order valence-electron chi connectivity index (χ0n) is 12.9. The van der Waals surface area contributed by atoms with E-state index >= 15 is 0 Å². The first-order valence-electron chi connectivity index (χ1n) is 8.05. The van der Waals surface area contributed by atoms with Crippen LogP contribution in [0.5, 0.6) is 0 Å². The predicted octanol–water partition coefficient (Wildman–Crippen LogP) is 2.75. The van der Waals surface area contributed by atoms with Crippen LogP contribution in [0.4, 0.5) is 4.39 Å². The smallest absolute Gasteiger partial charge is 0.289 e. The van der Waals surface area contributed by atoms with E-state index in [9.17, 15) is 14.0 Å².